The van der Waals surface area contributed by atoms with Crippen molar-refractivity contribution in [3.8, 4) is 0 Å². The highest BCUT2D eigenvalue weighted by Crippen LogP contribution is 2.30. The van der Waals surface area contributed by atoms with E-state index in [9.17, 15) is 9.18 Å². The van der Waals surface area contributed by atoms with E-state index >= 15 is 0 Å². The zero-order valence-corrected chi connectivity index (χ0v) is 15.3. The van der Waals surface area contributed by atoms with E-state index in [1.54, 1.807) is 12.1 Å². The van der Waals surface area contributed by atoms with E-state index in [2.05, 4.69) is 22.2 Å². The summed E-state index contributed by atoms with van der Waals surface area (Å²) in [6.07, 6.45) is 6.39. The van der Waals surface area contributed by atoms with Crippen LogP contribution in [0.1, 0.15) is 37.7 Å². The number of carbonyl (C=O) groups is 1. The standard InChI is InChI=1S/C20H30FN3O/c1-23-13-9-20(10-14-23,24-11-3-2-4-12-24)16-22-19(25)15-17-5-7-18(21)8-6-17/h5-8H,2-4,9-16H2,1H3,(H,22,25). The van der Waals surface area contributed by atoms with Crippen molar-refractivity contribution < 1.29 is 9.18 Å². The summed E-state index contributed by atoms with van der Waals surface area (Å²) in [6.45, 7) is 5.20. The van der Waals surface area contributed by atoms with Gasteiger partial charge in [-0.05, 0) is 76.6 Å². The molecular weight excluding hydrogens is 317 g/mol. The lowest BCUT2D eigenvalue weighted by Crippen LogP contribution is -2.61. The van der Waals surface area contributed by atoms with Gasteiger partial charge >= 0.3 is 0 Å². The second-order valence-corrected chi connectivity index (χ2v) is 7.66. The number of nitrogens with one attached hydrogen (secondary N) is 1. The van der Waals surface area contributed by atoms with Crippen molar-refractivity contribution >= 4 is 5.91 Å². The monoisotopic (exact) mass is 347 g/mol. The van der Waals surface area contributed by atoms with Gasteiger partial charge in [-0.1, -0.05) is 18.6 Å². The number of nitrogens with zero attached hydrogens (tertiary/aromatic N) is 2. The Balaban J connectivity index is 1.59. The molecule has 2 aliphatic rings. The molecule has 2 heterocycles. The van der Waals surface area contributed by atoms with Crippen LogP contribution in [0.15, 0.2) is 24.3 Å². The molecule has 0 aliphatic carbocycles. The molecule has 1 aromatic carbocycles. The zero-order valence-electron chi connectivity index (χ0n) is 15.3. The molecule has 0 spiro atoms. The molecule has 0 aromatic heterocycles. The van der Waals surface area contributed by atoms with Crippen molar-refractivity contribution in [1.82, 2.24) is 15.1 Å². The molecule has 5 heteroatoms. The molecule has 1 aromatic rings. The second-order valence-electron chi connectivity index (χ2n) is 7.66. The molecule has 1 N–H and O–H groups in total. The van der Waals surface area contributed by atoms with E-state index in [4.69, 9.17) is 0 Å². The van der Waals surface area contributed by atoms with Crippen molar-refractivity contribution in [3.63, 3.8) is 0 Å². The first-order chi connectivity index (χ1) is 12.1. The summed E-state index contributed by atoms with van der Waals surface area (Å²) < 4.78 is 13.0. The van der Waals surface area contributed by atoms with Gasteiger partial charge in [0.05, 0.1) is 6.42 Å². The fourth-order valence-corrected chi connectivity index (χ4v) is 4.12. The minimum absolute atomic E-state index is 0.0296. The maximum atomic E-state index is 13.0. The first-order valence-corrected chi connectivity index (χ1v) is 9.52. The van der Waals surface area contributed by atoms with Crippen molar-refractivity contribution in [1.29, 1.82) is 0 Å². The first-order valence-electron chi connectivity index (χ1n) is 9.52. The number of amides is 1. The first kappa shape index (κ1) is 18.3. The lowest BCUT2D eigenvalue weighted by Gasteiger charge is -2.50. The maximum Gasteiger partial charge on any atom is 0.224 e. The molecular formula is C20H30FN3O. The lowest BCUT2D eigenvalue weighted by molar-refractivity contribution is -0.121. The van der Waals surface area contributed by atoms with Gasteiger partial charge in [-0.15, -0.1) is 0 Å². The summed E-state index contributed by atoms with van der Waals surface area (Å²) in [6, 6.07) is 6.19. The highest BCUT2D eigenvalue weighted by atomic mass is 19.1. The quantitative estimate of drug-likeness (QED) is 0.889. The average molecular weight is 347 g/mol. The summed E-state index contributed by atoms with van der Waals surface area (Å²) in [4.78, 5) is 17.4. The average Bonchev–Trinajstić information content (AvgIpc) is 2.64. The number of piperidine rings is 2. The van der Waals surface area contributed by atoms with E-state index in [0.717, 1.165) is 51.1 Å². The normalized spacial score (nSPS) is 21.8. The largest absolute Gasteiger partial charge is 0.354 e. The number of halogens is 1. The highest BCUT2D eigenvalue weighted by Gasteiger charge is 2.39. The third-order valence-corrected chi connectivity index (χ3v) is 5.84. The van der Waals surface area contributed by atoms with Gasteiger partial charge in [0.2, 0.25) is 5.91 Å². The Bertz CT molecular complexity index is 561. The summed E-state index contributed by atoms with van der Waals surface area (Å²) in [7, 11) is 2.17. The second kappa shape index (κ2) is 8.28. The fraction of sp³-hybridized carbons (Fsp3) is 0.650. The van der Waals surface area contributed by atoms with Crippen LogP contribution in [-0.2, 0) is 11.2 Å². The predicted molar refractivity (Wildman–Crippen MR) is 98.0 cm³/mol. The SMILES string of the molecule is CN1CCC(CNC(=O)Cc2ccc(F)cc2)(N2CCCCC2)CC1. The molecule has 0 bridgehead atoms. The van der Waals surface area contributed by atoms with E-state index in [-0.39, 0.29) is 17.3 Å². The van der Waals surface area contributed by atoms with Crippen LogP contribution in [0.5, 0.6) is 0 Å². The predicted octanol–water partition coefficient (Wildman–Crippen LogP) is 2.43. The zero-order chi connectivity index (χ0) is 17.7. The van der Waals surface area contributed by atoms with Gasteiger partial charge in [0.15, 0.2) is 0 Å². The van der Waals surface area contributed by atoms with Gasteiger partial charge in [0, 0.05) is 12.1 Å². The van der Waals surface area contributed by atoms with Gasteiger partial charge in [-0.3, -0.25) is 9.69 Å². The summed E-state index contributed by atoms with van der Waals surface area (Å²) in [5, 5.41) is 3.18. The molecule has 0 radical (unpaired) electrons. The lowest BCUT2D eigenvalue weighted by atomic mass is 9.84. The van der Waals surface area contributed by atoms with Crippen LogP contribution in [-0.4, -0.2) is 61.0 Å². The van der Waals surface area contributed by atoms with E-state index < -0.39 is 0 Å². The number of hydrogen-bond donors (Lipinski definition) is 1. The molecule has 4 nitrogen and oxygen atoms in total. The molecule has 2 saturated heterocycles. The van der Waals surface area contributed by atoms with Gasteiger partial charge < -0.3 is 10.2 Å². The summed E-state index contributed by atoms with van der Waals surface area (Å²) in [5.74, 6) is -0.235. The topological polar surface area (TPSA) is 35.6 Å². The summed E-state index contributed by atoms with van der Waals surface area (Å²) >= 11 is 0. The van der Waals surface area contributed by atoms with Crippen molar-refractivity contribution in [2.24, 2.45) is 0 Å². The molecule has 0 unspecified atom stereocenters. The van der Waals surface area contributed by atoms with Crippen LogP contribution < -0.4 is 5.32 Å². The minimum Gasteiger partial charge on any atom is -0.354 e. The number of rotatable bonds is 5. The third-order valence-electron chi connectivity index (χ3n) is 5.84. The Labute approximate surface area is 150 Å². The van der Waals surface area contributed by atoms with Crippen LogP contribution >= 0.6 is 0 Å². The van der Waals surface area contributed by atoms with Crippen LogP contribution in [0.25, 0.3) is 0 Å². The number of carbonyl (C=O) groups excluding carboxylic acids is 1. The molecule has 1 amide bonds. The Morgan fingerprint density at radius 2 is 1.72 bits per heavy atom. The molecule has 2 fully saturated rings. The number of hydrogen-bond acceptors (Lipinski definition) is 3. The van der Waals surface area contributed by atoms with Gasteiger partial charge in [0.25, 0.3) is 0 Å². The van der Waals surface area contributed by atoms with E-state index in [1.807, 2.05) is 0 Å². The van der Waals surface area contributed by atoms with Crippen LogP contribution in [0.4, 0.5) is 4.39 Å². The van der Waals surface area contributed by atoms with E-state index in [0.29, 0.717) is 6.42 Å². The Hall–Kier alpha value is -1.46. The Morgan fingerprint density at radius 3 is 2.36 bits per heavy atom. The minimum atomic E-state index is -0.264. The van der Waals surface area contributed by atoms with E-state index in [1.165, 1.54) is 31.4 Å². The van der Waals surface area contributed by atoms with Crippen molar-refractivity contribution in [2.45, 2.75) is 44.1 Å². The van der Waals surface area contributed by atoms with Gasteiger partial charge in [-0.25, -0.2) is 4.39 Å². The molecule has 0 saturated carbocycles. The van der Waals surface area contributed by atoms with Crippen molar-refractivity contribution in [2.75, 3.05) is 39.8 Å². The smallest absolute Gasteiger partial charge is 0.224 e. The molecule has 2 aliphatic heterocycles. The van der Waals surface area contributed by atoms with Crippen LogP contribution in [0.2, 0.25) is 0 Å². The number of likely N-dealkylation sites (tertiary alicyclic amines) is 2. The molecule has 0 atom stereocenters. The molecule has 138 valence electrons. The number of benzene rings is 1. The summed E-state index contributed by atoms with van der Waals surface area (Å²) in [5.41, 5.74) is 0.958. The van der Waals surface area contributed by atoms with Gasteiger partial charge in [-0.2, -0.15) is 0 Å². The van der Waals surface area contributed by atoms with Crippen LogP contribution in [0.3, 0.4) is 0 Å². The van der Waals surface area contributed by atoms with Crippen LogP contribution in [0, 0.1) is 5.82 Å². The highest BCUT2D eigenvalue weighted by molar-refractivity contribution is 5.78. The van der Waals surface area contributed by atoms with Crippen molar-refractivity contribution in [3.05, 3.63) is 35.6 Å². The Kier molecular flexibility index (Phi) is 6.07. The fourth-order valence-electron chi connectivity index (χ4n) is 4.12. The molecule has 3 rings (SSSR count). The molecule has 25 heavy (non-hydrogen) atoms. The van der Waals surface area contributed by atoms with Gasteiger partial charge in [0.1, 0.15) is 5.82 Å². The Morgan fingerprint density at radius 1 is 1.08 bits per heavy atom. The maximum absolute atomic E-state index is 13.0. The third kappa shape index (κ3) is 4.79.